The van der Waals surface area contributed by atoms with Crippen molar-refractivity contribution in [1.29, 1.82) is 0 Å². The predicted molar refractivity (Wildman–Crippen MR) is 55.5 cm³/mol. The Bertz CT molecular complexity index is 362. The summed E-state index contributed by atoms with van der Waals surface area (Å²) in [6.07, 6.45) is 5.88. The second-order valence-electron chi connectivity index (χ2n) is 3.64. The van der Waals surface area contributed by atoms with E-state index in [-0.39, 0.29) is 5.17 Å². The van der Waals surface area contributed by atoms with Crippen LogP contribution < -0.4 is 0 Å². The highest BCUT2D eigenvalue weighted by atomic mass is 32.2. The third-order valence-corrected chi connectivity index (χ3v) is 3.91. The summed E-state index contributed by atoms with van der Waals surface area (Å²) in [5, 5.41) is 1.42. The number of nitrogens with zero attached hydrogens (tertiary/aromatic N) is 2. The number of hydrogen-bond donors (Lipinski definition) is 0. The average Bonchev–Trinajstić information content (AvgIpc) is 2.41. The quantitative estimate of drug-likeness (QED) is 0.607. The minimum atomic E-state index is -3.21. The molecule has 0 aromatic carbocycles. The molecule has 2 heterocycles. The molecule has 1 saturated heterocycles. The molecule has 78 valence electrons. The summed E-state index contributed by atoms with van der Waals surface area (Å²) in [7, 11) is -3.21. The molecular weight excluding hydrogens is 200 g/mol. The molecule has 14 heavy (non-hydrogen) atoms. The van der Waals surface area contributed by atoms with Gasteiger partial charge in [-0.1, -0.05) is 12.8 Å². The van der Waals surface area contributed by atoms with E-state index in [9.17, 15) is 8.42 Å². The molecule has 0 aliphatic carbocycles. The zero-order valence-electron chi connectivity index (χ0n) is 8.02. The monoisotopic (exact) mass is 214 g/mol. The maximum atomic E-state index is 11.5. The van der Waals surface area contributed by atoms with E-state index in [1.165, 1.54) is 24.4 Å². The molecule has 4 nitrogen and oxygen atoms in total. The van der Waals surface area contributed by atoms with E-state index < -0.39 is 9.84 Å². The number of likely N-dealkylation sites (tertiary alicyclic amines) is 1. The SMILES string of the molecule is O=S1(=O)C=CN=C1N1CCCCCC1. The van der Waals surface area contributed by atoms with Crippen LogP contribution in [0.4, 0.5) is 0 Å². The minimum Gasteiger partial charge on any atom is -0.347 e. The van der Waals surface area contributed by atoms with Crippen LogP contribution >= 0.6 is 0 Å². The average molecular weight is 214 g/mol. The molecule has 0 radical (unpaired) electrons. The molecule has 0 saturated carbocycles. The molecule has 2 aliphatic heterocycles. The fourth-order valence-electron chi connectivity index (χ4n) is 1.83. The molecule has 0 unspecified atom stereocenters. The van der Waals surface area contributed by atoms with E-state index in [4.69, 9.17) is 0 Å². The normalized spacial score (nSPS) is 26.0. The molecule has 5 heteroatoms. The van der Waals surface area contributed by atoms with Gasteiger partial charge in [-0.15, -0.1) is 0 Å². The molecule has 2 rings (SSSR count). The molecule has 0 N–H and O–H groups in total. The van der Waals surface area contributed by atoms with Gasteiger partial charge >= 0.3 is 0 Å². The number of sulfone groups is 1. The lowest BCUT2D eigenvalue weighted by molar-refractivity contribution is 0.440. The van der Waals surface area contributed by atoms with Crippen LogP contribution in [0.1, 0.15) is 25.7 Å². The van der Waals surface area contributed by atoms with Crippen LogP contribution in [0.3, 0.4) is 0 Å². The largest absolute Gasteiger partial charge is 0.347 e. The Morgan fingerprint density at radius 2 is 1.79 bits per heavy atom. The fraction of sp³-hybridized carbons (Fsp3) is 0.667. The summed E-state index contributed by atoms with van der Waals surface area (Å²) < 4.78 is 23.0. The van der Waals surface area contributed by atoms with E-state index >= 15 is 0 Å². The van der Waals surface area contributed by atoms with E-state index in [0.29, 0.717) is 0 Å². The second-order valence-corrected chi connectivity index (χ2v) is 5.37. The molecule has 0 aromatic rings. The highest BCUT2D eigenvalue weighted by Crippen LogP contribution is 2.16. The van der Waals surface area contributed by atoms with Crippen molar-refractivity contribution in [3.8, 4) is 0 Å². The fourth-order valence-corrected chi connectivity index (χ4v) is 2.93. The standard InChI is InChI=1S/C9H14N2O2S/c12-14(13)8-5-10-9(14)11-6-3-1-2-4-7-11/h5,8H,1-4,6-7H2. The first-order chi connectivity index (χ1) is 6.70. The summed E-state index contributed by atoms with van der Waals surface area (Å²) in [5.74, 6) is 0. The van der Waals surface area contributed by atoms with Crippen molar-refractivity contribution in [1.82, 2.24) is 4.90 Å². The summed E-state index contributed by atoms with van der Waals surface area (Å²) >= 11 is 0. The lowest BCUT2D eigenvalue weighted by Gasteiger charge is -2.20. The van der Waals surface area contributed by atoms with E-state index in [2.05, 4.69) is 4.99 Å². The van der Waals surface area contributed by atoms with Gasteiger partial charge in [0.2, 0.25) is 15.0 Å². The Balaban J connectivity index is 2.15. The predicted octanol–water partition coefficient (Wildman–Crippen LogP) is 1.12. The summed E-state index contributed by atoms with van der Waals surface area (Å²) in [5.41, 5.74) is 0. The van der Waals surface area contributed by atoms with Gasteiger partial charge in [0.15, 0.2) is 0 Å². The van der Waals surface area contributed by atoms with Crippen LogP contribution in [0.15, 0.2) is 16.6 Å². The van der Waals surface area contributed by atoms with Crippen LogP contribution in [0, 0.1) is 0 Å². The first-order valence-electron chi connectivity index (χ1n) is 4.94. The van der Waals surface area contributed by atoms with Gasteiger partial charge in [0.25, 0.3) is 0 Å². The molecular formula is C9H14N2O2S. The number of amidine groups is 1. The van der Waals surface area contributed by atoms with Gasteiger partial charge in [0.05, 0.1) is 5.41 Å². The third-order valence-electron chi connectivity index (χ3n) is 2.56. The van der Waals surface area contributed by atoms with Gasteiger partial charge in [-0.05, 0) is 12.8 Å². The van der Waals surface area contributed by atoms with Crippen LogP contribution in [0.2, 0.25) is 0 Å². The lowest BCUT2D eigenvalue weighted by Crippen LogP contribution is -2.35. The topological polar surface area (TPSA) is 49.7 Å². The molecule has 0 spiro atoms. The van der Waals surface area contributed by atoms with Gasteiger partial charge in [-0.3, -0.25) is 0 Å². The Hall–Kier alpha value is -0.840. The molecule has 1 fully saturated rings. The highest BCUT2D eigenvalue weighted by molar-refractivity contribution is 8.09. The number of aliphatic imine (C=N–C) groups is 1. The molecule has 2 aliphatic rings. The van der Waals surface area contributed by atoms with Crippen LogP contribution in [-0.4, -0.2) is 31.6 Å². The zero-order valence-corrected chi connectivity index (χ0v) is 8.83. The molecule has 0 aromatic heterocycles. The Morgan fingerprint density at radius 3 is 2.29 bits per heavy atom. The maximum absolute atomic E-state index is 11.5. The minimum absolute atomic E-state index is 0.249. The van der Waals surface area contributed by atoms with Crippen molar-refractivity contribution in [2.75, 3.05) is 13.1 Å². The first-order valence-corrected chi connectivity index (χ1v) is 6.49. The van der Waals surface area contributed by atoms with Gasteiger partial charge in [0.1, 0.15) is 0 Å². The lowest BCUT2D eigenvalue weighted by atomic mass is 10.2. The van der Waals surface area contributed by atoms with Gasteiger partial charge in [-0.25, -0.2) is 13.4 Å². The highest BCUT2D eigenvalue weighted by Gasteiger charge is 2.26. The first kappa shape index (κ1) is 9.71. The summed E-state index contributed by atoms with van der Waals surface area (Å²) in [6.45, 7) is 1.64. The Morgan fingerprint density at radius 1 is 1.14 bits per heavy atom. The van der Waals surface area contributed by atoms with Crippen molar-refractivity contribution in [3.05, 3.63) is 11.6 Å². The van der Waals surface area contributed by atoms with Crippen LogP contribution in [0.25, 0.3) is 0 Å². The van der Waals surface area contributed by atoms with Crippen LogP contribution in [0.5, 0.6) is 0 Å². The smallest absolute Gasteiger partial charge is 0.234 e. The maximum Gasteiger partial charge on any atom is 0.234 e. The van der Waals surface area contributed by atoms with Crippen molar-refractivity contribution < 1.29 is 8.42 Å². The summed E-state index contributed by atoms with van der Waals surface area (Å²) in [4.78, 5) is 5.82. The molecule has 0 amide bonds. The van der Waals surface area contributed by atoms with Gasteiger partial charge in [-0.2, -0.15) is 0 Å². The van der Waals surface area contributed by atoms with Gasteiger partial charge in [0, 0.05) is 19.3 Å². The molecule has 0 atom stereocenters. The Kier molecular flexibility index (Phi) is 2.58. The van der Waals surface area contributed by atoms with Crippen LogP contribution in [-0.2, 0) is 9.84 Å². The van der Waals surface area contributed by atoms with Gasteiger partial charge < -0.3 is 4.90 Å². The summed E-state index contributed by atoms with van der Waals surface area (Å²) in [6, 6.07) is 0. The van der Waals surface area contributed by atoms with Crippen molar-refractivity contribution >= 4 is 15.0 Å². The van der Waals surface area contributed by atoms with E-state index in [0.717, 1.165) is 25.9 Å². The molecule has 0 bridgehead atoms. The second kappa shape index (κ2) is 3.73. The van der Waals surface area contributed by atoms with E-state index in [1.54, 1.807) is 0 Å². The number of rotatable bonds is 0. The van der Waals surface area contributed by atoms with Crippen molar-refractivity contribution in [2.45, 2.75) is 25.7 Å². The Labute approximate surface area is 84.2 Å². The third kappa shape index (κ3) is 1.82. The number of hydrogen-bond acceptors (Lipinski definition) is 4. The van der Waals surface area contributed by atoms with Crippen molar-refractivity contribution in [3.63, 3.8) is 0 Å². The van der Waals surface area contributed by atoms with E-state index in [1.807, 2.05) is 4.90 Å². The van der Waals surface area contributed by atoms with Crippen molar-refractivity contribution in [2.24, 2.45) is 4.99 Å². The zero-order chi connectivity index (χ0) is 10.0.